The number of methoxy groups -OCH3 is 1. The zero-order chi connectivity index (χ0) is 19.9. The van der Waals surface area contributed by atoms with Crippen LogP contribution in [0.15, 0.2) is 66.9 Å². The van der Waals surface area contributed by atoms with Crippen LogP contribution in [0.4, 0.5) is 11.4 Å². The molecule has 3 rings (SSSR count). The molecule has 6 nitrogen and oxygen atoms in total. The van der Waals surface area contributed by atoms with Gasteiger partial charge in [-0.2, -0.15) is 0 Å². The maximum Gasteiger partial charge on any atom is 0.274 e. The van der Waals surface area contributed by atoms with E-state index in [9.17, 15) is 9.59 Å². The van der Waals surface area contributed by atoms with Crippen LogP contribution in [0.2, 0.25) is 0 Å². The maximum atomic E-state index is 12.6. The van der Waals surface area contributed by atoms with E-state index >= 15 is 0 Å². The van der Waals surface area contributed by atoms with Crippen LogP contribution in [0, 0.1) is 0 Å². The van der Waals surface area contributed by atoms with Gasteiger partial charge in [0.25, 0.3) is 11.8 Å². The van der Waals surface area contributed by atoms with Crippen LogP contribution >= 0.6 is 0 Å². The van der Waals surface area contributed by atoms with Crippen LogP contribution in [-0.2, 0) is 6.42 Å². The number of nitrogens with one attached hydrogen (secondary N) is 2. The lowest BCUT2D eigenvalue weighted by Crippen LogP contribution is -2.17. The smallest absolute Gasteiger partial charge is 0.274 e. The molecular weight excluding hydrogens is 354 g/mol. The topological polar surface area (TPSA) is 80.3 Å². The Bertz CT molecular complexity index is 984. The Hall–Kier alpha value is -3.67. The summed E-state index contributed by atoms with van der Waals surface area (Å²) in [7, 11) is 1.58. The molecule has 0 aliphatic carbocycles. The van der Waals surface area contributed by atoms with Gasteiger partial charge in [0.15, 0.2) is 0 Å². The van der Waals surface area contributed by atoms with Gasteiger partial charge < -0.3 is 15.4 Å². The first-order chi connectivity index (χ1) is 13.6. The normalized spacial score (nSPS) is 10.2. The summed E-state index contributed by atoms with van der Waals surface area (Å²) >= 11 is 0. The van der Waals surface area contributed by atoms with Gasteiger partial charge in [-0.05, 0) is 54.4 Å². The van der Waals surface area contributed by atoms with Crippen LogP contribution in [0.5, 0.6) is 5.75 Å². The Kier molecular flexibility index (Phi) is 6.01. The lowest BCUT2D eigenvalue weighted by molar-refractivity contribution is 0.102. The largest absolute Gasteiger partial charge is 0.497 e. The number of hydrogen-bond acceptors (Lipinski definition) is 4. The first-order valence-corrected chi connectivity index (χ1v) is 8.91. The molecule has 1 aromatic heterocycles. The van der Waals surface area contributed by atoms with E-state index in [4.69, 9.17) is 4.74 Å². The number of aromatic nitrogens is 1. The minimum absolute atomic E-state index is 0.174. The van der Waals surface area contributed by atoms with Crippen molar-refractivity contribution in [1.82, 2.24) is 4.98 Å². The highest BCUT2D eigenvalue weighted by atomic mass is 16.5. The van der Waals surface area contributed by atoms with Crippen molar-refractivity contribution >= 4 is 23.2 Å². The first kappa shape index (κ1) is 19.1. The molecule has 0 bridgehead atoms. The Balaban J connectivity index is 1.73. The average Bonchev–Trinajstić information content (AvgIpc) is 2.74. The number of para-hydroxylation sites is 1. The number of carbonyl (C=O) groups is 2. The van der Waals surface area contributed by atoms with Crippen molar-refractivity contribution in [2.75, 3.05) is 17.7 Å². The molecule has 28 heavy (non-hydrogen) atoms. The molecule has 0 aliphatic rings. The molecule has 6 heteroatoms. The zero-order valence-corrected chi connectivity index (χ0v) is 15.7. The Morgan fingerprint density at radius 3 is 2.43 bits per heavy atom. The van der Waals surface area contributed by atoms with Gasteiger partial charge in [-0.3, -0.25) is 14.6 Å². The molecule has 2 aromatic carbocycles. The van der Waals surface area contributed by atoms with Crippen molar-refractivity contribution < 1.29 is 14.3 Å². The Morgan fingerprint density at radius 2 is 1.71 bits per heavy atom. The summed E-state index contributed by atoms with van der Waals surface area (Å²) < 4.78 is 5.10. The molecule has 0 atom stereocenters. The van der Waals surface area contributed by atoms with Crippen molar-refractivity contribution in [3.63, 3.8) is 0 Å². The molecular formula is C22H21N3O3. The van der Waals surface area contributed by atoms with Gasteiger partial charge in [0.2, 0.25) is 0 Å². The van der Waals surface area contributed by atoms with Crippen LogP contribution in [0.25, 0.3) is 0 Å². The van der Waals surface area contributed by atoms with Gasteiger partial charge >= 0.3 is 0 Å². The van der Waals surface area contributed by atoms with Gasteiger partial charge in [-0.1, -0.05) is 25.1 Å². The second-order valence-electron chi connectivity index (χ2n) is 6.08. The lowest BCUT2D eigenvalue weighted by Gasteiger charge is -2.10. The number of benzene rings is 2. The molecule has 0 radical (unpaired) electrons. The summed E-state index contributed by atoms with van der Waals surface area (Å²) in [5, 5.41) is 5.65. The second kappa shape index (κ2) is 8.81. The summed E-state index contributed by atoms with van der Waals surface area (Å²) in [5.41, 5.74) is 2.92. The van der Waals surface area contributed by atoms with Crippen LogP contribution in [0.3, 0.4) is 0 Å². The first-order valence-electron chi connectivity index (χ1n) is 8.91. The highest BCUT2D eigenvalue weighted by Gasteiger charge is 2.13. The number of pyridine rings is 1. The quantitative estimate of drug-likeness (QED) is 0.678. The number of aryl methyl sites for hydroxylation is 1. The molecule has 0 fully saturated rings. The van der Waals surface area contributed by atoms with E-state index in [1.165, 1.54) is 12.3 Å². The molecule has 142 valence electrons. The van der Waals surface area contributed by atoms with Gasteiger partial charge in [-0.15, -0.1) is 0 Å². The minimum atomic E-state index is -0.361. The van der Waals surface area contributed by atoms with Crippen LogP contribution in [0.1, 0.15) is 33.3 Å². The van der Waals surface area contributed by atoms with E-state index in [0.29, 0.717) is 17.0 Å². The number of carbonyl (C=O) groups excluding carboxylic acids is 2. The SMILES string of the molecule is CCc1ccccc1NC(=O)c1cc(C(=O)Nc2ccc(OC)cc2)ccn1. The number of anilines is 2. The molecule has 0 aliphatic heterocycles. The average molecular weight is 375 g/mol. The van der Waals surface area contributed by atoms with Gasteiger partial charge in [-0.25, -0.2) is 0 Å². The summed E-state index contributed by atoms with van der Waals surface area (Å²) in [6.07, 6.45) is 2.25. The number of rotatable bonds is 6. The fourth-order valence-electron chi connectivity index (χ4n) is 2.71. The predicted octanol–water partition coefficient (Wildman–Crippen LogP) is 4.16. The fraction of sp³-hybridized carbons (Fsp3) is 0.136. The number of nitrogens with zero attached hydrogens (tertiary/aromatic N) is 1. The van der Waals surface area contributed by atoms with Crippen LogP contribution < -0.4 is 15.4 Å². The summed E-state index contributed by atoms with van der Waals surface area (Å²) in [6, 6.07) is 17.6. The van der Waals surface area contributed by atoms with Crippen molar-refractivity contribution in [2.45, 2.75) is 13.3 Å². The van der Waals surface area contributed by atoms with Gasteiger partial charge in [0, 0.05) is 23.1 Å². The van der Waals surface area contributed by atoms with E-state index in [0.717, 1.165) is 17.7 Å². The molecule has 0 saturated carbocycles. The zero-order valence-electron chi connectivity index (χ0n) is 15.7. The molecule has 0 unspecified atom stereocenters. The lowest BCUT2D eigenvalue weighted by atomic mass is 10.1. The maximum absolute atomic E-state index is 12.6. The number of hydrogen-bond donors (Lipinski definition) is 2. The van der Waals surface area contributed by atoms with E-state index in [1.54, 1.807) is 37.4 Å². The molecule has 0 saturated heterocycles. The van der Waals surface area contributed by atoms with Crippen molar-refractivity contribution in [1.29, 1.82) is 0 Å². The monoisotopic (exact) mass is 375 g/mol. The highest BCUT2D eigenvalue weighted by molar-refractivity contribution is 6.08. The van der Waals surface area contributed by atoms with E-state index < -0.39 is 0 Å². The highest BCUT2D eigenvalue weighted by Crippen LogP contribution is 2.18. The van der Waals surface area contributed by atoms with Crippen LogP contribution in [-0.4, -0.2) is 23.9 Å². The Labute approximate surface area is 163 Å². The van der Waals surface area contributed by atoms with Crippen molar-refractivity contribution in [2.24, 2.45) is 0 Å². The Morgan fingerprint density at radius 1 is 0.964 bits per heavy atom. The standard InChI is InChI=1S/C22H21N3O3/c1-3-15-6-4-5-7-19(15)25-22(27)20-14-16(12-13-23-20)21(26)24-17-8-10-18(28-2)11-9-17/h4-14H,3H2,1-2H3,(H,24,26)(H,25,27). The predicted molar refractivity (Wildman–Crippen MR) is 109 cm³/mol. The number of ether oxygens (including phenoxy) is 1. The van der Waals surface area contributed by atoms with E-state index in [1.807, 2.05) is 31.2 Å². The molecule has 0 spiro atoms. The third-order valence-corrected chi connectivity index (χ3v) is 4.25. The summed E-state index contributed by atoms with van der Waals surface area (Å²) in [5.74, 6) is 0.0174. The van der Waals surface area contributed by atoms with Gasteiger partial charge in [0.05, 0.1) is 7.11 Å². The van der Waals surface area contributed by atoms with E-state index in [-0.39, 0.29) is 17.5 Å². The molecule has 1 heterocycles. The summed E-state index contributed by atoms with van der Waals surface area (Å²) in [4.78, 5) is 29.2. The fourth-order valence-corrected chi connectivity index (χ4v) is 2.71. The minimum Gasteiger partial charge on any atom is -0.497 e. The summed E-state index contributed by atoms with van der Waals surface area (Å²) in [6.45, 7) is 2.02. The van der Waals surface area contributed by atoms with E-state index in [2.05, 4.69) is 15.6 Å². The molecule has 2 N–H and O–H groups in total. The second-order valence-corrected chi connectivity index (χ2v) is 6.08. The third kappa shape index (κ3) is 4.54. The molecule has 2 amide bonds. The van der Waals surface area contributed by atoms with Crippen molar-refractivity contribution in [3.05, 3.63) is 83.7 Å². The van der Waals surface area contributed by atoms with Crippen molar-refractivity contribution in [3.8, 4) is 5.75 Å². The molecule has 3 aromatic rings. The third-order valence-electron chi connectivity index (χ3n) is 4.25. The number of amides is 2. The van der Waals surface area contributed by atoms with Gasteiger partial charge in [0.1, 0.15) is 11.4 Å².